The van der Waals surface area contributed by atoms with Crippen molar-refractivity contribution >= 4 is 22.0 Å². The van der Waals surface area contributed by atoms with Gasteiger partial charge in [-0.25, -0.2) is 9.78 Å². The Kier molecular flexibility index (Phi) is 2.44. The molecule has 0 saturated carbocycles. The van der Waals surface area contributed by atoms with E-state index in [9.17, 15) is 4.79 Å². The van der Waals surface area contributed by atoms with Crippen molar-refractivity contribution in [2.24, 2.45) is 0 Å². The van der Waals surface area contributed by atoms with E-state index in [1.54, 1.807) is 6.07 Å². The van der Waals surface area contributed by atoms with Crippen LogP contribution in [0.5, 0.6) is 0 Å². The number of rotatable bonds is 1. The van der Waals surface area contributed by atoms with Crippen LogP contribution in [0.25, 0.3) is 33.4 Å². The molecule has 0 unspecified atom stereocenters. The number of H-pyrrole nitrogens is 1. The number of aromatic amines is 1. The molecule has 0 atom stereocenters. The summed E-state index contributed by atoms with van der Waals surface area (Å²) >= 11 is 0. The Bertz CT molecular complexity index is 995. The van der Waals surface area contributed by atoms with E-state index < -0.39 is 0 Å². The molecule has 0 saturated heterocycles. The van der Waals surface area contributed by atoms with E-state index in [0.717, 1.165) is 22.0 Å². The third kappa shape index (κ3) is 1.76. The van der Waals surface area contributed by atoms with Crippen molar-refractivity contribution in [3.8, 4) is 11.4 Å². The highest BCUT2D eigenvalue weighted by molar-refractivity contribution is 5.87. The van der Waals surface area contributed by atoms with Crippen molar-refractivity contribution in [3.63, 3.8) is 0 Å². The van der Waals surface area contributed by atoms with Crippen LogP contribution in [0.15, 0.2) is 57.7 Å². The first kappa shape index (κ1) is 11.9. The van der Waals surface area contributed by atoms with Gasteiger partial charge in [-0.15, -0.1) is 0 Å². The Morgan fingerprint density at radius 3 is 2.67 bits per heavy atom. The molecule has 4 heteroatoms. The lowest BCUT2D eigenvalue weighted by Gasteiger charge is -2.04. The molecule has 0 aliphatic rings. The second-order valence-corrected chi connectivity index (χ2v) is 4.99. The Balaban J connectivity index is 2.08. The maximum atomic E-state index is 12.3. The van der Waals surface area contributed by atoms with Crippen LogP contribution in [-0.2, 0) is 0 Å². The molecule has 0 aliphatic heterocycles. The molecule has 2 aromatic carbocycles. The minimum Gasteiger partial charge on any atom is -0.422 e. The number of nitrogens with one attached hydrogen (secondary N) is 1. The molecule has 0 bridgehead atoms. The Hall–Kier alpha value is -2.88. The average molecular weight is 276 g/mol. The Morgan fingerprint density at radius 2 is 1.81 bits per heavy atom. The van der Waals surface area contributed by atoms with Gasteiger partial charge in [0.25, 0.3) is 0 Å². The topological polar surface area (TPSA) is 58.9 Å². The molecule has 21 heavy (non-hydrogen) atoms. The standard InChI is InChI=1S/C17H12N2O2/c1-10-11-6-2-5-9-14(11)21-17(20)15(10)16-18-12-7-3-4-8-13(12)19-16/h2-9H,1H3,(H,18,19). The summed E-state index contributed by atoms with van der Waals surface area (Å²) in [7, 11) is 0. The van der Waals surface area contributed by atoms with Crippen LogP contribution in [-0.4, -0.2) is 9.97 Å². The number of imidazole rings is 1. The Labute approximate surface area is 120 Å². The highest BCUT2D eigenvalue weighted by Gasteiger charge is 2.16. The minimum atomic E-state index is -0.370. The third-order valence-corrected chi connectivity index (χ3v) is 3.70. The first-order valence-corrected chi connectivity index (χ1v) is 6.71. The van der Waals surface area contributed by atoms with Crippen molar-refractivity contribution < 1.29 is 4.42 Å². The van der Waals surface area contributed by atoms with Gasteiger partial charge in [0.2, 0.25) is 0 Å². The maximum Gasteiger partial charge on any atom is 0.347 e. The highest BCUT2D eigenvalue weighted by Crippen LogP contribution is 2.26. The molecular weight excluding hydrogens is 264 g/mol. The monoisotopic (exact) mass is 276 g/mol. The van der Waals surface area contributed by atoms with Gasteiger partial charge in [0.15, 0.2) is 0 Å². The average Bonchev–Trinajstić information content (AvgIpc) is 2.90. The zero-order valence-electron chi connectivity index (χ0n) is 11.4. The summed E-state index contributed by atoms with van der Waals surface area (Å²) in [4.78, 5) is 20.0. The summed E-state index contributed by atoms with van der Waals surface area (Å²) in [6, 6.07) is 15.2. The molecule has 0 aliphatic carbocycles. The highest BCUT2D eigenvalue weighted by atomic mass is 16.4. The summed E-state index contributed by atoms with van der Waals surface area (Å²) in [5.41, 5.74) is 3.33. The molecule has 102 valence electrons. The lowest BCUT2D eigenvalue weighted by Crippen LogP contribution is -2.06. The van der Waals surface area contributed by atoms with Crippen LogP contribution in [0.2, 0.25) is 0 Å². The molecule has 2 aromatic heterocycles. The van der Waals surface area contributed by atoms with Gasteiger partial charge in [-0.05, 0) is 30.7 Å². The first-order chi connectivity index (χ1) is 10.2. The van der Waals surface area contributed by atoms with E-state index >= 15 is 0 Å². The van der Waals surface area contributed by atoms with Gasteiger partial charge < -0.3 is 9.40 Å². The van der Waals surface area contributed by atoms with Gasteiger partial charge in [-0.2, -0.15) is 0 Å². The van der Waals surface area contributed by atoms with Crippen LogP contribution < -0.4 is 5.63 Å². The van der Waals surface area contributed by atoms with Gasteiger partial charge in [0.1, 0.15) is 17.0 Å². The fourth-order valence-corrected chi connectivity index (χ4v) is 2.65. The van der Waals surface area contributed by atoms with Gasteiger partial charge in [-0.1, -0.05) is 30.3 Å². The fraction of sp³-hybridized carbons (Fsp3) is 0.0588. The maximum absolute atomic E-state index is 12.3. The first-order valence-electron chi connectivity index (χ1n) is 6.71. The predicted octanol–water partition coefficient (Wildman–Crippen LogP) is 3.64. The van der Waals surface area contributed by atoms with Crippen molar-refractivity contribution in [2.45, 2.75) is 6.92 Å². The van der Waals surface area contributed by atoms with E-state index in [0.29, 0.717) is 17.0 Å². The lowest BCUT2D eigenvalue weighted by atomic mass is 10.1. The van der Waals surface area contributed by atoms with Crippen LogP contribution in [0.3, 0.4) is 0 Å². The SMILES string of the molecule is Cc1c(-c2nc3ccccc3[nH]2)c(=O)oc2ccccc12. The lowest BCUT2D eigenvalue weighted by molar-refractivity contribution is 0.562. The normalized spacial score (nSPS) is 11.3. The smallest absolute Gasteiger partial charge is 0.347 e. The zero-order valence-corrected chi connectivity index (χ0v) is 11.4. The summed E-state index contributed by atoms with van der Waals surface area (Å²) in [5.74, 6) is 0.549. The summed E-state index contributed by atoms with van der Waals surface area (Å²) < 4.78 is 5.41. The van der Waals surface area contributed by atoms with Crippen molar-refractivity contribution in [2.75, 3.05) is 0 Å². The van der Waals surface area contributed by atoms with E-state index in [1.807, 2.05) is 49.4 Å². The molecule has 0 amide bonds. The summed E-state index contributed by atoms with van der Waals surface area (Å²) in [6.45, 7) is 1.92. The van der Waals surface area contributed by atoms with Crippen LogP contribution >= 0.6 is 0 Å². The number of hydrogen-bond acceptors (Lipinski definition) is 3. The van der Waals surface area contributed by atoms with Crippen LogP contribution in [0, 0.1) is 6.92 Å². The number of hydrogen-bond donors (Lipinski definition) is 1. The molecule has 1 N–H and O–H groups in total. The van der Waals surface area contributed by atoms with Gasteiger partial charge in [0, 0.05) is 5.39 Å². The van der Waals surface area contributed by atoms with Crippen LogP contribution in [0.1, 0.15) is 5.56 Å². The molecule has 4 nitrogen and oxygen atoms in total. The number of aryl methyl sites for hydroxylation is 1. The minimum absolute atomic E-state index is 0.370. The predicted molar refractivity (Wildman–Crippen MR) is 82.3 cm³/mol. The van der Waals surface area contributed by atoms with Crippen LogP contribution in [0.4, 0.5) is 0 Å². The quantitative estimate of drug-likeness (QED) is 0.540. The number of fused-ring (bicyclic) bond motifs is 2. The number of benzene rings is 2. The van der Waals surface area contributed by atoms with Crippen molar-refractivity contribution in [1.29, 1.82) is 0 Å². The molecule has 2 heterocycles. The number of nitrogens with zero attached hydrogens (tertiary/aromatic N) is 1. The van der Waals surface area contributed by atoms with E-state index in [-0.39, 0.29) is 5.63 Å². The fourth-order valence-electron chi connectivity index (χ4n) is 2.65. The molecular formula is C17H12N2O2. The van der Waals surface area contributed by atoms with Gasteiger partial charge >= 0.3 is 5.63 Å². The third-order valence-electron chi connectivity index (χ3n) is 3.70. The van der Waals surface area contributed by atoms with Crippen molar-refractivity contribution in [1.82, 2.24) is 9.97 Å². The van der Waals surface area contributed by atoms with Crippen molar-refractivity contribution in [3.05, 3.63) is 64.5 Å². The molecule has 0 spiro atoms. The van der Waals surface area contributed by atoms with Gasteiger partial charge in [-0.3, -0.25) is 0 Å². The molecule has 0 radical (unpaired) electrons. The van der Waals surface area contributed by atoms with Gasteiger partial charge in [0.05, 0.1) is 11.0 Å². The summed E-state index contributed by atoms with van der Waals surface area (Å²) in [6.07, 6.45) is 0. The molecule has 0 fully saturated rings. The number of para-hydroxylation sites is 3. The Morgan fingerprint density at radius 1 is 1.05 bits per heavy atom. The molecule has 4 rings (SSSR count). The zero-order chi connectivity index (χ0) is 14.4. The second-order valence-electron chi connectivity index (χ2n) is 4.99. The number of aromatic nitrogens is 2. The van der Waals surface area contributed by atoms with E-state index in [4.69, 9.17) is 4.42 Å². The summed E-state index contributed by atoms with van der Waals surface area (Å²) in [5, 5.41) is 0.924. The second kappa shape index (κ2) is 4.31. The van der Waals surface area contributed by atoms with E-state index in [2.05, 4.69) is 9.97 Å². The largest absolute Gasteiger partial charge is 0.422 e. The molecule has 4 aromatic rings. The van der Waals surface area contributed by atoms with E-state index in [1.165, 1.54) is 0 Å².